The van der Waals surface area contributed by atoms with Crippen LogP contribution in [0.5, 0.6) is 0 Å². The molecule has 0 saturated heterocycles. The first kappa shape index (κ1) is 13.7. The van der Waals surface area contributed by atoms with Gasteiger partial charge in [-0.2, -0.15) is 5.10 Å². The molecule has 1 N–H and O–H groups in total. The van der Waals surface area contributed by atoms with E-state index >= 15 is 0 Å². The number of aliphatic hydroxyl groups is 1. The standard InChI is InChI=1S/C12H21N3O2/c1-5-14(6-7-16)12(17)11-8-13-15(9(2)3)10(11)4/h8-9,16H,5-7H2,1-4H3. The quantitative estimate of drug-likeness (QED) is 0.840. The molecule has 5 heteroatoms. The molecular weight excluding hydrogens is 218 g/mol. The molecule has 0 unspecified atom stereocenters. The van der Waals surface area contributed by atoms with Crippen molar-refractivity contribution in [1.29, 1.82) is 0 Å². The van der Waals surface area contributed by atoms with Crippen molar-refractivity contribution in [2.75, 3.05) is 19.7 Å². The Morgan fingerprint density at radius 1 is 1.59 bits per heavy atom. The molecule has 1 heterocycles. The van der Waals surface area contributed by atoms with Crippen LogP contribution in [0.25, 0.3) is 0 Å². The molecule has 0 aliphatic heterocycles. The molecule has 1 rings (SSSR count). The lowest BCUT2D eigenvalue weighted by molar-refractivity contribution is 0.0731. The molecule has 0 bridgehead atoms. The van der Waals surface area contributed by atoms with E-state index in [1.165, 1.54) is 0 Å². The summed E-state index contributed by atoms with van der Waals surface area (Å²) < 4.78 is 1.83. The van der Waals surface area contributed by atoms with Crippen LogP contribution in [0.2, 0.25) is 0 Å². The Bertz CT molecular complexity index is 385. The second-order valence-electron chi connectivity index (χ2n) is 4.29. The predicted octanol–water partition coefficient (Wildman–Crippen LogP) is 1.23. The molecule has 0 spiro atoms. The lowest BCUT2D eigenvalue weighted by atomic mass is 10.2. The zero-order chi connectivity index (χ0) is 13.0. The van der Waals surface area contributed by atoms with Crippen LogP contribution in [0.1, 0.15) is 42.9 Å². The Hall–Kier alpha value is -1.36. The summed E-state index contributed by atoms with van der Waals surface area (Å²) in [6, 6.07) is 0.240. The van der Waals surface area contributed by atoms with E-state index in [4.69, 9.17) is 5.11 Å². The van der Waals surface area contributed by atoms with Gasteiger partial charge in [-0.1, -0.05) is 0 Å². The minimum absolute atomic E-state index is 0.0169. The van der Waals surface area contributed by atoms with E-state index in [1.807, 2.05) is 32.4 Å². The minimum Gasteiger partial charge on any atom is -0.395 e. The summed E-state index contributed by atoms with van der Waals surface area (Å²) in [6.45, 7) is 8.78. The fourth-order valence-corrected chi connectivity index (χ4v) is 1.85. The monoisotopic (exact) mass is 239 g/mol. The molecule has 0 aromatic carbocycles. The fourth-order valence-electron chi connectivity index (χ4n) is 1.85. The molecule has 0 fully saturated rings. The summed E-state index contributed by atoms with van der Waals surface area (Å²) in [5.41, 5.74) is 1.50. The molecule has 0 saturated carbocycles. The smallest absolute Gasteiger partial charge is 0.257 e. The van der Waals surface area contributed by atoms with Crippen molar-refractivity contribution in [1.82, 2.24) is 14.7 Å². The molecule has 96 valence electrons. The first-order chi connectivity index (χ1) is 8.02. The van der Waals surface area contributed by atoms with Gasteiger partial charge in [-0.15, -0.1) is 0 Å². The summed E-state index contributed by atoms with van der Waals surface area (Å²) in [6.07, 6.45) is 1.61. The van der Waals surface area contributed by atoms with Crippen molar-refractivity contribution in [3.63, 3.8) is 0 Å². The number of hydrogen-bond donors (Lipinski definition) is 1. The lowest BCUT2D eigenvalue weighted by Gasteiger charge is -2.19. The van der Waals surface area contributed by atoms with Crippen LogP contribution in [-0.4, -0.2) is 45.4 Å². The highest BCUT2D eigenvalue weighted by Crippen LogP contribution is 2.14. The maximum absolute atomic E-state index is 12.2. The van der Waals surface area contributed by atoms with Gasteiger partial charge in [0, 0.05) is 24.8 Å². The van der Waals surface area contributed by atoms with Crippen LogP contribution in [0.15, 0.2) is 6.20 Å². The van der Waals surface area contributed by atoms with Crippen LogP contribution in [0.3, 0.4) is 0 Å². The first-order valence-electron chi connectivity index (χ1n) is 5.97. The van der Waals surface area contributed by atoms with E-state index in [-0.39, 0.29) is 18.6 Å². The van der Waals surface area contributed by atoms with Crippen molar-refractivity contribution < 1.29 is 9.90 Å². The molecule has 0 aliphatic rings. The minimum atomic E-state index is -0.0639. The number of aromatic nitrogens is 2. The molecule has 1 aromatic rings. The third-order valence-electron chi connectivity index (χ3n) is 2.80. The number of aliphatic hydroxyl groups excluding tert-OH is 1. The van der Waals surface area contributed by atoms with Crippen molar-refractivity contribution in [3.8, 4) is 0 Å². The van der Waals surface area contributed by atoms with Crippen LogP contribution >= 0.6 is 0 Å². The zero-order valence-electron chi connectivity index (χ0n) is 11.0. The SMILES string of the molecule is CCN(CCO)C(=O)c1cnn(C(C)C)c1C. The molecule has 17 heavy (non-hydrogen) atoms. The molecule has 1 amide bonds. The van der Waals surface area contributed by atoms with Gasteiger partial charge in [0.2, 0.25) is 0 Å². The molecule has 0 atom stereocenters. The van der Waals surface area contributed by atoms with E-state index in [2.05, 4.69) is 5.10 Å². The van der Waals surface area contributed by atoms with Gasteiger partial charge in [-0.05, 0) is 27.7 Å². The Kier molecular flexibility index (Phi) is 4.69. The van der Waals surface area contributed by atoms with Gasteiger partial charge in [0.25, 0.3) is 5.91 Å². The first-order valence-corrected chi connectivity index (χ1v) is 5.97. The molecule has 0 radical (unpaired) electrons. The van der Waals surface area contributed by atoms with Gasteiger partial charge in [0.05, 0.1) is 18.4 Å². The summed E-state index contributed by atoms with van der Waals surface area (Å²) in [7, 11) is 0. The molecule has 1 aromatic heterocycles. The second-order valence-corrected chi connectivity index (χ2v) is 4.29. The molecule has 5 nitrogen and oxygen atoms in total. The van der Waals surface area contributed by atoms with Crippen molar-refractivity contribution in [3.05, 3.63) is 17.5 Å². The third-order valence-corrected chi connectivity index (χ3v) is 2.80. The number of rotatable bonds is 5. The Balaban J connectivity index is 2.96. The van der Waals surface area contributed by atoms with Crippen molar-refractivity contribution >= 4 is 5.91 Å². The second kappa shape index (κ2) is 5.82. The fraction of sp³-hybridized carbons (Fsp3) is 0.667. The summed E-state index contributed by atoms with van der Waals surface area (Å²) >= 11 is 0. The van der Waals surface area contributed by atoms with E-state index in [0.29, 0.717) is 18.7 Å². The third kappa shape index (κ3) is 2.85. The van der Waals surface area contributed by atoms with E-state index in [1.54, 1.807) is 11.1 Å². The van der Waals surface area contributed by atoms with Gasteiger partial charge in [0.1, 0.15) is 0 Å². The van der Waals surface area contributed by atoms with Gasteiger partial charge < -0.3 is 10.0 Å². The predicted molar refractivity (Wildman–Crippen MR) is 66.0 cm³/mol. The van der Waals surface area contributed by atoms with Crippen LogP contribution in [-0.2, 0) is 0 Å². The summed E-state index contributed by atoms with van der Waals surface area (Å²) in [4.78, 5) is 13.8. The molecular formula is C12H21N3O2. The van der Waals surface area contributed by atoms with Gasteiger partial charge in [-0.25, -0.2) is 0 Å². The number of nitrogens with zero attached hydrogens (tertiary/aromatic N) is 3. The van der Waals surface area contributed by atoms with Crippen molar-refractivity contribution in [2.45, 2.75) is 33.7 Å². The number of amides is 1. The topological polar surface area (TPSA) is 58.4 Å². The van der Waals surface area contributed by atoms with E-state index in [0.717, 1.165) is 5.69 Å². The number of hydrogen-bond acceptors (Lipinski definition) is 3. The number of carbonyl (C=O) groups excluding carboxylic acids is 1. The number of carbonyl (C=O) groups is 1. The summed E-state index contributed by atoms with van der Waals surface area (Å²) in [5.74, 6) is -0.0639. The Morgan fingerprint density at radius 3 is 2.65 bits per heavy atom. The van der Waals surface area contributed by atoms with E-state index in [9.17, 15) is 4.79 Å². The largest absolute Gasteiger partial charge is 0.395 e. The average Bonchev–Trinajstić information content (AvgIpc) is 2.67. The lowest BCUT2D eigenvalue weighted by Crippen LogP contribution is -2.33. The normalized spacial score (nSPS) is 10.9. The van der Waals surface area contributed by atoms with Crippen LogP contribution in [0, 0.1) is 6.92 Å². The van der Waals surface area contributed by atoms with E-state index < -0.39 is 0 Å². The van der Waals surface area contributed by atoms with Gasteiger partial charge in [0.15, 0.2) is 0 Å². The molecule has 0 aliphatic carbocycles. The maximum Gasteiger partial charge on any atom is 0.257 e. The summed E-state index contributed by atoms with van der Waals surface area (Å²) in [5, 5.41) is 13.1. The number of likely N-dealkylation sites (N-methyl/N-ethyl adjacent to an activating group) is 1. The van der Waals surface area contributed by atoms with Crippen molar-refractivity contribution in [2.24, 2.45) is 0 Å². The van der Waals surface area contributed by atoms with Gasteiger partial charge >= 0.3 is 0 Å². The average molecular weight is 239 g/mol. The highest BCUT2D eigenvalue weighted by atomic mass is 16.3. The zero-order valence-corrected chi connectivity index (χ0v) is 11.0. The van der Waals surface area contributed by atoms with Crippen LogP contribution < -0.4 is 0 Å². The van der Waals surface area contributed by atoms with Gasteiger partial charge in [-0.3, -0.25) is 9.48 Å². The van der Waals surface area contributed by atoms with Crippen LogP contribution in [0.4, 0.5) is 0 Å². The maximum atomic E-state index is 12.2. The Labute approximate surface area is 102 Å². The highest BCUT2D eigenvalue weighted by molar-refractivity contribution is 5.95. The Morgan fingerprint density at radius 2 is 2.24 bits per heavy atom. The highest BCUT2D eigenvalue weighted by Gasteiger charge is 2.19.